The Bertz CT molecular complexity index is 912. The summed E-state index contributed by atoms with van der Waals surface area (Å²) >= 11 is 6.43. The first-order valence-corrected chi connectivity index (χ1v) is 9.45. The molecule has 0 saturated carbocycles. The molecule has 0 radical (unpaired) electrons. The van der Waals surface area contributed by atoms with E-state index in [9.17, 15) is 0 Å². The van der Waals surface area contributed by atoms with Gasteiger partial charge in [0.25, 0.3) is 0 Å². The Morgan fingerprint density at radius 1 is 0.962 bits per heavy atom. The van der Waals surface area contributed by atoms with Crippen LogP contribution in [0.1, 0.15) is 17.0 Å². The molecule has 1 saturated heterocycles. The number of fused-ring (bicyclic) bond motifs is 1. The highest BCUT2D eigenvalue weighted by molar-refractivity contribution is 6.35. The first-order valence-electron chi connectivity index (χ1n) is 9.07. The molecule has 1 aliphatic heterocycles. The van der Waals surface area contributed by atoms with Crippen LogP contribution in [0.25, 0.3) is 10.9 Å². The van der Waals surface area contributed by atoms with Gasteiger partial charge >= 0.3 is 0 Å². The highest BCUT2D eigenvalue weighted by Crippen LogP contribution is 2.27. The minimum Gasteiger partial charge on any atom is -0.295 e. The summed E-state index contributed by atoms with van der Waals surface area (Å²) in [5.41, 5.74) is 4.62. The zero-order chi connectivity index (χ0) is 18.1. The lowest BCUT2D eigenvalue weighted by Gasteiger charge is -2.34. The van der Waals surface area contributed by atoms with Crippen molar-refractivity contribution in [3.05, 3.63) is 58.5 Å². The lowest BCUT2D eigenvalue weighted by atomic mass is 10.1. The number of rotatable bonds is 4. The first-order chi connectivity index (χ1) is 12.6. The smallest absolute Gasteiger partial charge is 0.0858 e. The van der Waals surface area contributed by atoms with E-state index in [1.165, 1.54) is 11.3 Å². The highest BCUT2D eigenvalue weighted by Gasteiger charge is 2.20. The number of aromatic nitrogens is 3. The summed E-state index contributed by atoms with van der Waals surface area (Å²) in [6.45, 7) is 8.08. The van der Waals surface area contributed by atoms with Crippen LogP contribution >= 0.6 is 11.6 Å². The molecule has 0 amide bonds. The molecule has 26 heavy (non-hydrogen) atoms. The first kappa shape index (κ1) is 17.5. The monoisotopic (exact) mass is 369 g/mol. The molecule has 0 atom stereocenters. The molecule has 2 aromatic heterocycles. The van der Waals surface area contributed by atoms with Gasteiger partial charge in [-0.2, -0.15) is 5.10 Å². The predicted molar refractivity (Wildman–Crippen MR) is 105 cm³/mol. The van der Waals surface area contributed by atoms with Crippen LogP contribution in [0.5, 0.6) is 0 Å². The molecular weight excluding hydrogens is 346 g/mol. The van der Waals surface area contributed by atoms with Crippen LogP contribution in [0.4, 0.5) is 0 Å². The van der Waals surface area contributed by atoms with Crippen LogP contribution in [-0.2, 0) is 20.1 Å². The van der Waals surface area contributed by atoms with Gasteiger partial charge in [-0.25, -0.2) is 0 Å². The fraction of sp³-hybridized carbons (Fsp3) is 0.400. The van der Waals surface area contributed by atoms with Crippen LogP contribution in [0, 0.1) is 6.92 Å². The van der Waals surface area contributed by atoms with Crippen molar-refractivity contribution in [2.75, 3.05) is 26.2 Å². The number of hydrogen-bond acceptors (Lipinski definition) is 4. The Hall–Kier alpha value is -1.95. The number of benzene rings is 1. The van der Waals surface area contributed by atoms with Crippen LogP contribution in [0.2, 0.25) is 5.02 Å². The molecular formula is C20H24ClN5. The number of halogens is 1. The van der Waals surface area contributed by atoms with Crippen LogP contribution in [-0.4, -0.2) is 50.7 Å². The Kier molecular flexibility index (Phi) is 4.94. The number of hydrogen-bond donors (Lipinski definition) is 0. The maximum atomic E-state index is 6.43. The third kappa shape index (κ3) is 3.47. The molecule has 136 valence electrons. The summed E-state index contributed by atoms with van der Waals surface area (Å²) in [5.74, 6) is 0. The summed E-state index contributed by atoms with van der Waals surface area (Å²) in [5, 5.41) is 6.58. The predicted octanol–water partition coefficient (Wildman–Crippen LogP) is 3.25. The van der Waals surface area contributed by atoms with Gasteiger partial charge < -0.3 is 0 Å². The van der Waals surface area contributed by atoms with E-state index in [4.69, 9.17) is 16.7 Å². The molecule has 0 spiro atoms. The third-order valence-electron chi connectivity index (χ3n) is 5.23. The largest absolute Gasteiger partial charge is 0.295 e. The van der Waals surface area contributed by atoms with E-state index in [0.717, 1.165) is 60.9 Å². The third-order valence-corrected chi connectivity index (χ3v) is 5.54. The average Bonchev–Trinajstić information content (AvgIpc) is 2.96. The van der Waals surface area contributed by atoms with E-state index in [2.05, 4.69) is 33.8 Å². The van der Waals surface area contributed by atoms with Gasteiger partial charge in [-0.1, -0.05) is 23.7 Å². The maximum Gasteiger partial charge on any atom is 0.0858 e. The molecule has 3 heterocycles. The topological polar surface area (TPSA) is 37.2 Å². The molecule has 4 rings (SSSR count). The fourth-order valence-electron chi connectivity index (χ4n) is 3.68. The van der Waals surface area contributed by atoms with Gasteiger partial charge in [-0.15, -0.1) is 0 Å². The fourth-order valence-corrected chi connectivity index (χ4v) is 3.96. The van der Waals surface area contributed by atoms with E-state index in [0.29, 0.717) is 0 Å². The molecule has 1 fully saturated rings. The van der Waals surface area contributed by atoms with Crippen molar-refractivity contribution in [3.63, 3.8) is 0 Å². The van der Waals surface area contributed by atoms with Crippen molar-refractivity contribution >= 4 is 22.5 Å². The van der Waals surface area contributed by atoms with E-state index in [1.54, 1.807) is 0 Å². The Labute approximate surface area is 159 Å². The van der Waals surface area contributed by atoms with E-state index in [1.807, 2.05) is 36.1 Å². The zero-order valence-electron chi connectivity index (χ0n) is 15.3. The molecule has 6 heteroatoms. The molecule has 0 bridgehead atoms. The Morgan fingerprint density at radius 3 is 2.35 bits per heavy atom. The van der Waals surface area contributed by atoms with Gasteiger partial charge in [0.1, 0.15) is 0 Å². The molecule has 1 aromatic carbocycles. The summed E-state index contributed by atoms with van der Waals surface area (Å²) in [6, 6.07) is 10.1. The quantitative estimate of drug-likeness (QED) is 0.707. The van der Waals surface area contributed by atoms with Crippen LogP contribution in [0.15, 0.2) is 36.5 Å². The van der Waals surface area contributed by atoms with Gasteiger partial charge in [0, 0.05) is 57.9 Å². The Balaban J connectivity index is 1.41. The van der Waals surface area contributed by atoms with Crippen molar-refractivity contribution in [2.24, 2.45) is 7.05 Å². The van der Waals surface area contributed by atoms with Gasteiger partial charge in [-0.05, 0) is 30.7 Å². The van der Waals surface area contributed by atoms with Gasteiger partial charge in [0.2, 0.25) is 0 Å². The van der Waals surface area contributed by atoms with Crippen LogP contribution in [0.3, 0.4) is 0 Å². The molecule has 0 N–H and O–H groups in total. The van der Waals surface area contributed by atoms with Crippen LogP contribution < -0.4 is 0 Å². The van der Waals surface area contributed by atoms with E-state index < -0.39 is 0 Å². The summed E-state index contributed by atoms with van der Waals surface area (Å²) in [6.07, 6.45) is 1.88. The summed E-state index contributed by atoms with van der Waals surface area (Å²) < 4.78 is 1.93. The second kappa shape index (κ2) is 7.35. The molecule has 1 aliphatic rings. The molecule has 0 aliphatic carbocycles. The van der Waals surface area contributed by atoms with Crippen molar-refractivity contribution in [1.29, 1.82) is 0 Å². The molecule has 3 aromatic rings. The SMILES string of the molecule is Cc1cccnc1CN1CCN(Cc2nn(C)c3cccc(Cl)c23)CC1. The zero-order valence-corrected chi connectivity index (χ0v) is 16.1. The molecule has 0 unspecified atom stereocenters. The maximum absolute atomic E-state index is 6.43. The van der Waals surface area contributed by atoms with E-state index in [-0.39, 0.29) is 0 Å². The minimum absolute atomic E-state index is 0.787. The second-order valence-corrected chi connectivity index (χ2v) is 7.43. The standard InChI is InChI=1S/C20H24ClN5/c1-15-5-4-8-22-17(15)13-25-9-11-26(12-10-25)14-18-20-16(21)6-3-7-19(20)24(2)23-18/h3-8H,9-14H2,1-2H3. The van der Waals surface area contributed by atoms with Crippen molar-refractivity contribution < 1.29 is 0 Å². The lowest BCUT2D eigenvalue weighted by Crippen LogP contribution is -2.45. The van der Waals surface area contributed by atoms with Gasteiger partial charge in [0.15, 0.2) is 0 Å². The minimum atomic E-state index is 0.787. The number of piperazine rings is 1. The average molecular weight is 370 g/mol. The lowest BCUT2D eigenvalue weighted by molar-refractivity contribution is 0.120. The summed E-state index contributed by atoms with van der Waals surface area (Å²) in [4.78, 5) is 9.47. The van der Waals surface area contributed by atoms with Gasteiger partial charge in [0.05, 0.1) is 21.9 Å². The van der Waals surface area contributed by atoms with Gasteiger partial charge in [-0.3, -0.25) is 19.5 Å². The number of pyridine rings is 1. The highest BCUT2D eigenvalue weighted by atomic mass is 35.5. The normalized spacial score (nSPS) is 16.4. The summed E-state index contributed by atoms with van der Waals surface area (Å²) in [7, 11) is 1.98. The van der Waals surface area contributed by atoms with Crippen molar-refractivity contribution in [1.82, 2.24) is 24.6 Å². The molecule has 5 nitrogen and oxygen atoms in total. The van der Waals surface area contributed by atoms with E-state index >= 15 is 0 Å². The van der Waals surface area contributed by atoms with Crippen molar-refractivity contribution in [2.45, 2.75) is 20.0 Å². The second-order valence-electron chi connectivity index (χ2n) is 7.02. The Morgan fingerprint density at radius 2 is 1.65 bits per heavy atom. The number of nitrogens with zero attached hydrogens (tertiary/aromatic N) is 5. The number of aryl methyl sites for hydroxylation is 2. The van der Waals surface area contributed by atoms with Crippen molar-refractivity contribution in [3.8, 4) is 0 Å².